The van der Waals surface area contributed by atoms with Crippen molar-refractivity contribution in [2.45, 2.75) is 19.9 Å². The highest BCUT2D eigenvalue weighted by Gasteiger charge is 2.24. The normalized spacial score (nSPS) is 16.4. The fourth-order valence-corrected chi connectivity index (χ4v) is 3.16. The van der Waals surface area contributed by atoms with E-state index in [9.17, 15) is 4.79 Å². The molecule has 1 fully saturated rings. The summed E-state index contributed by atoms with van der Waals surface area (Å²) in [4.78, 5) is 19.5. The number of pyridine rings is 1. The number of morpholine rings is 1. The maximum atomic E-state index is 12.7. The van der Waals surface area contributed by atoms with Crippen LogP contribution in [0.2, 0.25) is 0 Å². The average Bonchev–Trinajstić information content (AvgIpc) is 2.66. The molecule has 5 nitrogen and oxygen atoms in total. The Morgan fingerprint density at radius 1 is 1.20 bits per heavy atom. The standard InChI is InChI=1S/C20H25N3O2/c1-15-6-5-7-17(16(15)2)20(24)22-14-19(18-8-3-4-9-21-18)23-10-12-25-13-11-23/h3-9,19H,10-14H2,1-2H3,(H,22,24)/t19-/m0/s1. The van der Waals surface area contributed by atoms with Crippen LogP contribution in [0.3, 0.4) is 0 Å². The summed E-state index contributed by atoms with van der Waals surface area (Å²) in [6.45, 7) is 7.67. The highest BCUT2D eigenvalue weighted by Crippen LogP contribution is 2.20. The molecule has 1 amide bonds. The highest BCUT2D eigenvalue weighted by molar-refractivity contribution is 5.95. The monoisotopic (exact) mass is 339 g/mol. The van der Waals surface area contributed by atoms with E-state index in [0.717, 1.165) is 35.5 Å². The number of amides is 1. The second-order valence-electron chi connectivity index (χ2n) is 6.38. The molecule has 1 aliphatic rings. The van der Waals surface area contributed by atoms with Gasteiger partial charge in [-0.05, 0) is 43.2 Å². The minimum atomic E-state index is -0.0320. The van der Waals surface area contributed by atoms with Gasteiger partial charge in [-0.15, -0.1) is 0 Å². The van der Waals surface area contributed by atoms with E-state index in [1.807, 2.05) is 50.2 Å². The number of aryl methyl sites for hydroxylation is 1. The molecule has 0 aliphatic carbocycles. The summed E-state index contributed by atoms with van der Waals surface area (Å²) in [6.07, 6.45) is 1.80. The summed E-state index contributed by atoms with van der Waals surface area (Å²) >= 11 is 0. The molecule has 25 heavy (non-hydrogen) atoms. The minimum Gasteiger partial charge on any atom is -0.379 e. The maximum absolute atomic E-state index is 12.7. The van der Waals surface area contributed by atoms with E-state index in [1.165, 1.54) is 0 Å². The molecule has 1 atom stereocenters. The maximum Gasteiger partial charge on any atom is 0.251 e. The number of benzene rings is 1. The van der Waals surface area contributed by atoms with Crippen LogP contribution in [0.25, 0.3) is 0 Å². The molecule has 5 heteroatoms. The summed E-state index contributed by atoms with van der Waals surface area (Å²) in [7, 11) is 0. The Bertz CT molecular complexity index is 712. The predicted molar refractivity (Wildman–Crippen MR) is 97.6 cm³/mol. The lowest BCUT2D eigenvalue weighted by Crippen LogP contribution is -2.44. The molecule has 1 N–H and O–H groups in total. The van der Waals surface area contributed by atoms with Crippen LogP contribution in [0.4, 0.5) is 0 Å². The van der Waals surface area contributed by atoms with Crippen LogP contribution < -0.4 is 5.32 Å². The lowest BCUT2D eigenvalue weighted by Gasteiger charge is -2.34. The van der Waals surface area contributed by atoms with Gasteiger partial charge in [0.2, 0.25) is 0 Å². The molecule has 1 aliphatic heterocycles. The highest BCUT2D eigenvalue weighted by atomic mass is 16.5. The van der Waals surface area contributed by atoms with Crippen LogP contribution >= 0.6 is 0 Å². The summed E-state index contributed by atoms with van der Waals surface area (Å²) < 4.78 is 5.46. The number of ether oxygens (including phenoxy) is 1. The SMILES string of the molecule is Cc1cccc(C(=O)NC[C@@H](c2ccccn2)N2CCOCC2)c1C. The van der Waals surface area contributed by atoms with Crippen molar-refractivity contribution in [3.63, 3.8) is 0 Å². The van der Waals surface area contributed by atoms with E-state index >= 15 is 0 Å². The minimum absolute atomic E-state index is 0.0320. The van der Waals surface area contributed by atoms with Crippen molar-refractivity contribution < 1.29 is 9.53 Å². The second-order valence-corrected chi connectivity index (χ2v) is 6.38. The Hall–Kier alpha value is -2.24. The van der Waals surface area contributed by atoms with E-state index in [1.54, 1.807) is 6.20 Å². The first-order valence-corrected chi connectivity index (χ1v) is 8.74. The lowest BCUT2D eigenvalue weighted by atomic mass is 10.0. The van der Waals surface area contributed by atoms with Crippen molar-refractivity contribution in [2.75, 3.05) is 32.8 Å². The second kappa shape index (κ2) is 8.23. The number of hydrogen-bond donors (Lipinski definition) is 1. The van der Waals surface area contributed by atoms with Crippen LogP contribution in [-0.4, -0.2) is 48.6 Å². The molecule has 3 rings (SSSR count). The summed E-state index contributed by atoms with van der Waals surface area (Å²) in [6, 6.07) is 11.8. The number of nitrogens with zero attached hydrogens (tertiary/aromatic N) is 2. The van der Waals surface area contributed by atoms with Crippen LogP contribution in [0.5, 0.6) is 0 Å². The van der Waals surface area contributed by atoms with Gasteiger partial charge in [-0.1, -0.05) is 18.2 Å². The van der Waals surface area contributed by atoms with Gasteiger partial charge in [0.1, 0.15) is 0 Å². The van der Waals surface area contributed by atoms with Crippen molar-refractivity contribution in [2.24, 2.45) is 0 Å². The zero-order valence-electron chi connectivity index (χ0n) is 14.9. The van der Waals surface area contributed by atoms with Crippen molar-refractivity contribution in [1.29, 1.82) is 0 Å². The van der Waals surface area contributed by atoms with E-state index in [-0.39, 0.29) is 11.9 Å². The molecule has 0 bridgehead atoms. The van der Waals surface area contributed by atoms with Crippen molar-refractivity contribution in [3.8, 4) is 0 Å². The molecular weight excluding hydrogens is 314 g/mol. The van der Waals surface area contributed by atoms with Crippen LogP contribution in [0.15, 0.2) is 42.6 Å². The molecule has 2 aromatic rings. The first-order chi connectivity index (χ1) is 12.2. The van der Waals surface area contributed by atoms with Gasteiger partial charge in [-0.25, -0.2) is 0 Å². The molecule has 0 saturated carbocycles. The van der Waals surface area contributed by atoms with Crippen LogP contribution in [0.1, 0.15) is 33.2 Å². The molecule has 2 heterocycles. The average molecular weight is 339 g/mol. The number of hydrogen-bond acceptors (Lipinski definition) is 4. The quantitative estimate of drug-likeness (QED) is 0.909. The van der Waals surface area contributed by atoms with Crippen molar-refractivity contribution in [3.05, 3.63) is 65.0 Å². The molecule has 0 spiro atoms. The first kappa shape index (κ1) is 17.6. The van der Waals surface area contributed by atoms with E-state index < -0.39 is 0 Å². The molecule has 1 saturated heterocycles. The third-order valence-corrected chi connectivity index (χ3v) is 4.82. The Morgan fingerprint density at radius 2 is 2.00 bits per heavy atom. The lowest BCUT2D eigenvalue weighted by molar-refractivity contribution is 0.0154. The molecule has 1 aromatic heterocycles. The number of rotatable bonds is 5. The summed E-state index contributed by atoms with van der Waals surface area (Å²) in [5.41, 5.74) is 3.87. The topological polar surface area (TPSA) is 54.5 Å². The van der Waals surface area contributed by atoms with Gasteiger partial charge in [-0.2, -0.15) is 0 Å². The third-order valence-electron chi connectivity index (χ3n) is 4.82. The Morgan fingerprint density at radius 3 is 2.72 bits per heavy atom. The number of carbonyl (C=O) groups is 1. The number of nitrogens with one attached hydrogen (secondary N) is 1. The Kier molecular flexibility index (Phi) is 5.79. The van der Waals surface area contributed by atoms with Gasteiger partial charge in [0.05, 0.1) is 24.9 Å². The first-order valence-electron chi connectivity index (χ1n) is 8.74. The van der Waals surface area contributed by atoms with Crippen molar-refractivity contribution >= 4 is 5.91 Å². The smallest absolute Gasteiger partial charge is 0.251 e. The van der Waals surface area contributed by atoms with Gasteiger partial charge >= 0.3 is 0 Å². The zero-order valence-corrected chi connectivity index (χ0v) is 14.9. The number of carbonyl (C=O) groups excluding carboxylic acids is 1. The molecule has 132 valence electrons. The third kappa shape index (κ3) is 4.24. The van der Waals surface area contributed by atoms with Gasteiger partial charge in [-0.3, -0.25) is 14.7 Å². The summed E-state index contributed by atoms with van der Waals surface area (Å²) in [5.74, 6) is -0.0320. The van der Waals surface area contributed by atoms with Crippen LogP contribution in [0, 0.1) is 13.8 Å². The molecule has 0 unspecified atom stereocenters. The van der Waals surface area contributed by atoms with Gasteiger partial charge in [0.25, 0.3) is 5.91 Å². The predicted octanol–water partition coefficient (Wildman–Crippen LogP) is 2.50. The Balaban J connectivity index is 1.74. The Labute approximate surface area is 149 Å². The molecule has 1 aromatic carbocycles. The van der Waals surface area contributed by atoms with E-state index in [2.05, 4.69) is 15.2 Å². The van der Waals surface area contributed by atoms with Crippen LogP contribution in [-0.2, 0) is 4.74 Å². The fraction of sp³-hybridized carbons (Fsp3) is 0.400. The molecular formula is C20H25N3O2. The van der Waals surface area contributed by atoms with Gasteiger partial charge in [0, 0.05) is 31.4 Å². The van der Waals surface area contributed by atoms with Crippen molar-refractivity contribution in [1.82, 2.24) is 15.2 Å². The van der Waals surface area contributed by atoms with Gasteiger partial charge in [0.15, 0.2) is 0 Å². The van der Waals surface area contributed by atoms with E-state index in [4.69, 9.17) is 4.74 Å². The largest absolute Gasteiger partial charge is 0.379 e. The van der Waals surface area contributed by atoms with Gasteiger partial charge < -0.3 is 10.1 Å². The zero-order chi connectivity index (χ0) is 17.6. The summed E-state index contributed by atoms with van der Waals surface area (Å²) in [5, 5.41) is 3.10. The molecule has 0 radical (unpaired) electrons. The number of aromatic nitrogens is 1. The fourth-order valence-electron chi connectivity index (χ4n) is 3.16. The van der Waals surface area contributed by atoms with E-state index in [0.29, 0.717) is 19.8 Å².